The molecular weight excluding hydrogens is 314 g/mol. The molecule has 0 aromatic carbocycles. The number of carbonyl (C=O) groups is 1. The Morgan fingerprint density at radius 2 is 2.12 bits per heavy atom. The monoisotopic (exact) mass is 335 g/mol. The summed E-state index contributed by atoms with van der Waals surface area (Å²) >= 11 is 0. The number of unbranched alkanes of at least 4 members (excludes halogenated alkanes) is 2. The van der Waals surface area contributed by atoms with Gasteiger partial charge >= 0.3 is 5.69 Å². The van der Waals surface area contributed by atoms with Gasteiger partial charge in [-0.05, 0) is 19.8 Å². The van der Waals surface area contributed by atoms with Gasteiger partial charge in [-0.3, -0.25) is 19.3 Å². The number of amides is 1. The molecule has 0 atom stereocenters. The molecule has 0 fully saturated rings. The van der Waals surface area contributed by atoms with E-state index in [1.165, 1.54) is 4.57 Å². The van der Waals surface area contributed by atoms with Gasteiger partial charge < -0.3 is 5.73 Å². The molecule has 2 rings (SSSR count). The quantitative estimate of drug-likeness (QED) is 0.346. The molecule has 0 radical (unpaired) electrons. The standard InChI is InChI=1S/C14H21N7O3/c1-10-7-20(14(23)16-13(10)15)8-11-9-21(19-17-11)6-4-2-3-5-12(22)18-24/h7,9,24H,2-6,8H2,1H3,(H,18,22)(H2,15,16,23). The van der Waals surface area contributed by atoms with E-state index in [1.54, 1.807) is 29.5 Å². The first-order valence-electron chi connectivity index (χ1n) is 7.65. The maximum atomic E-state index is 11.8. The average Bonchev–Trinajstić information content (AvgIpc) is 2.99. The number of nitrogens with one attached hydrogen (secondary N) is 1. The second-order valence-electron chi connectivity index (χ2n) is 5.54. The van der Waals surface area contributed by atoms with Crippen LogP contribution in [0, 0.1) is 6.92 Å². The van der Waals surface area contributed by atoms with Gasteiger partial charge in [0.1, 0.15) is 11.5 Å². The molecule has 4 N–H and O–H groups in total. The van der Waals surface area contributed by atoms with Crippen molar-refractivity contribution in [2.45, 2.75) is 45.7 Å². The van der Waals surface area contributed by atoms with E-state index < -0.39 is 5.69 Å². The highest BCUT2D eigenvalue weighted by Gasteiger charge is 2.06. The van der Waals surface area contributed by atoms with Crippen molar-refractivity contribution in [2.75, 3.05) is 5.73 Å². The first-order valence-corrected chi connectivity index (χ1v) is 7.65. The van der Waals surface area contributed by atoms with Crippen molar-refractivity contribution in [3.63, 3.8) is 0 Å². The van der Waals surface area contributed by atoms with Crippen LogP contribution in [0.3, 0.4) is 0 Å². The molecule has 2 aromatic heterocycles. The van der Waals surface area contributed by atoms with E-state index in [0.29, 0.717) is 25.1 Å². The summed E-state index contributed by atoms with van der Waals surface area (Å²) in [5, 5.41) is 16.4. The van der Waals surface area contributed by atoms with Crippen molar-refractivity contribution in [2.24, 2.45) is 0 Å². The average molecular weight is 335 g/mol. The van der Waals surface area contributed by atoms with Crippen LogP contribution in [0.25, 0.3) is 0 Å². The minimum atomic E-state index is -0.421. The third kappa shape index (κ3) is 4.88. The molecule has 0 spiro atoms. The van der Waals surface area contributed by atoms with Gasteiger partial charge in [0.25, 0.3) is 0 Å². The van der Waals surface area contributed by atoms with Crippen molar-refractivity contribution in [3.8, 4) is 0 Å². The van der Waals surface area contributed by atoms with Crippen LogP contribution in [-0.4, -0.2) is 35.7 Å². The number of hydrogen-bond donors (Lipinski definition) is 3. The fourth-order valence-electron chi connectivity index (χ4n) is 2.21. The van der Waals surface area contributed by atoms with Crippen LogP contribution in [-0.2, 0) is 17.9 Å². The number of hydroxylamine groups is 1. The van der Waals surface area contributed by atoms with Gasteiger partial charge in [-0.25, -0.2) is 10.3 Å². The Bertz CT molecular complexity index is 753. The highest BCUT2D eigenvalue weighted by atomic mass is 16.5. The summed E-state index contributed by atoms with van der Waals surface area (Å²) in [6, 6.07) is 0. The van der Waals surface area contributed by atoms with Crippen molar-refractivity contribution < 1.29 is 10.0 Å². The molecule has 0 bridgehead atoms. The largest absolute Gasteiger partial charge is 0.383 e. The Balaban J connectivity index is 1.84. The smallest absolute Gasteiger partial charge is 0.349 e. The lowest BCUT2D eigenvalue weighted by Gasteiger charge is -2.05. The van der Waals surface area contributed by atoms with Crippen molar-refractivity contribution in [1.29, 1.82) is 0 Å². The van der Waals surface area contributed by atoms with E-state index in [9.17, 15) is 9.59 Å². The topological polar surface area (TPSA) is 141 Å². The number of hydrogen-bond acceptors (Lipinski definition) is 7. The predicted molar refractivity (Wildman–Crippen MR) is 85.2 cm³/mol. The number of aryl methyl sites for hydroxylation is 2. The van der Waals surface area contributed by atoms with Gasteiger partial charge in [0.15, 0.2) is 0 Å². The predicted octanol–water partition coefficient (Wildman–Crippen LogP) is -0.160. The first kappa shape index (κ1) is 17.6. The number of nitrogens with zero attached hydrogens (tertiary/aromatic N) is 5. The highest BCUT2D eigenvalue weighted by molar-refractivity contribution is 5.74. The van der Waals surface area contributed by atoms with Crippen molar-refractivity contribution >= 4 is 11.7 Å². The molecule has 130 valence electrons. The zero-order valence-corrected chi connectivity index (χ0v) is 13.5. The second-order valence-corrected chi connectivity index (χ2v) is 5.54. The van der Waals surface area contributed by atoms with Crippen LogP contribution >= 0.6 is 0 Å². The van der Waals surface area contributed by atoms with E-state index in [2.05, 4.69) is 15.3 Å². The summed E-state index contributed by atoms with van der Waals surface area (Å²) < 4.78 is 3.14. The lowest BCUT2D eigenvalue weighted by molar-refractivity contribution is -0.129. The number of anilines is 1. The molecule has 0 aliphatic rings. The third-order valence-corrected chi connectivity index (χ3v) is 3.55. The minimum absolute atomic E-state index is 0.231. The molecule has 0 saturated heterocycles. The fourth-order valence-corrected chi connectivity index (χ4v) is 2.21. The van der Waals surface area contributed by atoms with Gasteiger partial charge in [0.2, 0.25) is 5.91 Å². The Morgan fingerprint density at radius 1 is 1.33 bits per heavy atom. The Kier molecular flexibility index (Phi) is 6.01. The fraction of sp³-hybridized carbons (Fsp3) is 0.500. The van der Waals surface area contributed by atoms with E-state index >= 15 is 0 Å². The van der Waals surface area contributed by atoms with Crippen LogP contribution in [0.4, 0.5) is 5.82 Å². The van der Waals surface area contributed by atoms with Gasteiger partial charge in [-0.2, -0.15) is 4.98 Å². The molecule has 24 heavy (non-hydrogen) atoms. The molecule has 2 aromatic rings. The molecule has 0 aliphatic heterocycles. The molecule has 10 heteroatoms. The van der Waals surface area contributed by atoms with Crippen LogP contribution in [0.2, 0.25) is 0 Å². The Morgan fingerprint density at radius 3 is 2.88 bits per heavy atom. The number of carbonyl (C=O) groups excluding carboxylic acids is 1. The summed E-state index contributed by atoms with van der Waals surface area (Å²) in [7, 11) is 0. The normalized spacial score (nSPS) is 10.8. The van der Waals surface area contributed by atoms with Crippen LogP contribution in [0.5, 0.6) is 0 Å². The van der Waals surface area contributed by atoms with Crippen LogP contribution in [0.15, 0.2) is 17.2 Å². The molecule has 0 aliphatic carbocycles. The van der Waals surface area contributed by atoms with Crippen LogP contribution in [0.1, 0.15) is 36.9 Å². The Hall–Kier alpha value is -2.75. The zero-order valence-electron chi connectivity index (χ0n) is 13.5. The van der Waals surface area contributed by atoms with E-state index in [1.807, 2.05) is 0 Å². The second kappa shape index (κ2) is 8.20. The van der Waals surface area contributed by atoms with Crippen molar-refractivity contribution in [3.05, 3.63) is 34.1 Å². The molecule has 0 unspecified atom stereocenters. The van der Waals surface area contributed by atoms with E-state index in [0.717, 1.165) is 18.4 Å². The number of nitrogen functional groups attached to an aromatic ring is 1. The summed E-state index contributed by atoms with van der Waals surface area (Å²) in [5.41, 5.74) is 8.17. The lowest BCUT2D eigenvalue weighted by atomic mass is 10.2. The van der Waals surface area contributed by atoms with Gasteiger partial charge in [0.05, 0.1) is 12.7 Å². The maximum Gasteiger partial charge on any atom is 0.349 e. The number of rotatable bonds is 8. The van der Waals surface area contributed by atoms with Crippen molar-refractivity contribution in [1.82, 2.24) is 30.0 Å². The SMILES string of the molecule is Cc1cn(Cc2cn(CCCCCC(=O)NO)nn2)c(=O)nc1N. The zero-order chi connectivity index (χ0) is 17.5. The molecule has 10 nitrogen and oxygen atoms in total. The summed E-state index contributed by atoms with van der Waals surface area (Å²) in [5.74, 6) is -0.148. The van der Waals surface area contributed by atoms with Gasteiger partial charge in [-0.1, -0.05) is 11.6 Å². The molecule has 1 amide bonds. The van der Waals surface area contributed by atoms with E-state index in [4.69, 9.17) is 10.9 Å². The third-order valence-electron chi connectivity index (χ3n) is 3.55. The maximum absolute atomic E-state index is 11.8. The number of nitrogens with two attached hydrogens (primary N) is 1. The molecule has 0 saturated carbocycles. The minimum Gasteiger partial charge on any atom is -0.383 e. The summed E-state index contributed by atoms with van der Waals surface area (Å²) in [4.78, 5) is 26.4. The first-order chi connectivity index (χ1) is 11.5. The summed E-state index contributed by atoms with van der Waals surface area (Å²) in [6.07, 6.45) is 6.09. The molecular formula is C14H21N7O3. The highest BCUT2D eigenvalue weighted by Crippen LogP contribution is 2.05. The molecule has 2 heterocycles. The lowest BCUT2D eigenvalue weighted by Crippen LogP contribution is -2.24. The van der Waals surface area contributed by atoms with Crippen LogP contribution < -0.4 is 16.9 Å². The number of aromatic nitrogens is 5. The van der Waals surface area contributed by atoms with Gasteiger partial charge in [0, 0.05) is 24.7 Å². The Labute approximate surface area is 138 Å². The van der Waals surface area contributed by atoms with Gasteiger partial charge in [-0.15, -0.1) is 5.10 Å². The summed E-state index contributed by atoms with van der Waals surface area (Å²) in [6.45, 7) is 2.73. The van der Waals surface area contributed by atoms with E-state index in [-0.39, 0.29) is 18.3 Å².